The van der Waals surface area contributed by atoms with Gasteiger partial charge in [0.2, 0.25) is 0 Å². The minimum Gasteiger partial charge on any atom is -0.481 e. The molecule has 0 aliphatic heterocycles. The van der Waals surface area contributed by atoms with Crippen molar-refractivity contribution in [3.05, 3.63) is 41.5 Å². The average Bonchev–Trinajstić information content (AvgIpc) is 2.86. The van der Waals surface area contributed by atoms with E-state index >= 15 is 0 Å². The van der Waals surface area contributed by atoms with E-state index in [-0.39, 0.29) is 12.2 Å². The highest BCUT2D eigenvalue weighted by atomic mass is 19.1. The van der Waals surface area contributed by atoms with E-state index in [0.717, 1.165) is 17.7 Å². The van der Waals surface area contributed by atoms with Crippen LogP contribution in [0.4, 0.5) is 4.39 Å². The standard InChI is InChI=1S/C14H16FN3O2/c1-10-6-7-11(15)8-13(10)18-9-12(16-17-18)4-2-3-5-14(19)20/h6-9H,2-5H2,1H3,(H,19,20). The van der Waals surface area contributed by atoms with E-state index in [1.807, 2.05) is 6.92 Å². The zero-order chi connectivity index (χ0) is 14.5. The molecule has 5 nitrogen and oxygen atoms in total. The Balaban J connectivity index is 2.01. The number of unbranched alkanes of at least 4 members (excludes halogenated alkanes) is 1. The molecule has 0 saturated carbocycles. The number of aromatic nitrogens is 3. The van der Waals surface area contributed by atoms with Gasteiger partial charge in [0.25, 0.3) is 0 Å². The minimum atomic E-state index is -0.788. The molecule has 106 valence electrons. The van der Waals surface area contributed by atoms with Crippen LogP contribution in [-0.4, -0.2) is 26.1 Å². The summed E-state index contributed by atoms with van der Waals surface area (Å²) in [5.41, 5.74) is 2.35. The fraction of sp³-hybridized carbons (Fsp3) is 0.357. The number of hydrogen-bond acceptors (Lipinski definition) is 3. The summed E-state index contributed by atoms with van der Waals surface area (Å²) >= 11 is 0. The van der Waals surface area contributed by atoms with Crippen molar-refractivity contribution in [2.75, 3.05) is 0 Å². The van der Waals surface area contributed by atoms with Crippen molar-refractivity contribution in [3.8, 4) is 5.69 Å². The lowest BCUT2D eigenvalue weighted by molar-refractivity contribution is -0.137. The van der Waals surface area contributed by atoms with Crippen LogP contribution in [0, 0.1) is 12.7 Å². The fourth-order valence-electron chi connectivity index (χ4n) is 1.94. The number of nitrogens with zero attached hydrogens (tertiary/aromatic N) is 3. The van der Waals surface area contributed by atoms with Gasteiger partial charge in [0.05, 0.1) is 17.6 Å². The first kappa shape index (κ1) is 14.2. The zero-order valence-electron chi connectivity index (χ0n) is 11.2. The molecular formula is C14H16FN3O2. The molecule has 0 amide bonds. The van der Waals surface area contributed by atoms with Crippen LogP contribution in [0.5, 0.6) is 0 Å². The van der Waals surface area contributed by atoms with Gasteiger partial charge in [-0.1, -0.05) is 11.3 Å². The van der Waals surface area contributed by atoms with Crippen molar-refractivity contribution in [1.29, 1.82) is 0 Å². The van der Waals surface area contributed by atoms with Gasteiger partial charge < -0.3 is 5.11 Å². The van der Waals surface area contributed by atoms with Gasteiger partial charge in [-0.15, -0.1) is 5.10 Å². The first-order valence-electron chi connectivity index (χ1n) is 6.46. The van der Waals surface area contributed by atoms with Gasteiger partial charge >= 0.3 is 5.97 Å². The van der Waals surface area contributed by atoms with Crippen molar-refractivity contribution >= 4 is 5.97 Å². The minimum absolute atomic E-state index is 0.164. The van der Waals surface area contributed by atoms with E-state index in [1.165, 1.54) is 12.1 Å². The third-order valence-corrected chi connectivity index (χ3v) is 3.03. The van der Waals surface area contributed by atoms with Gasteiger partial charge in [-0.05, 0) is 43.9 Å². The van der Waals surface area contributed by atoms with Gasteiger partial charge in [-0.2, -0.15) is 0 Å². The highest BCUT2D eigenvalue weighted by Crippen LogP contribution is 2.15. The lowest BCUT2D eigenvalue weighted by atomic mass is 10.1. The van der Waals surface area contributed by atoms with Gasteiger partial charge in [0.1, 0.15) is 5.82 Å². The average molecular weight is 277 g/mol. The van der Waals surface area contributed by atoms with Crippen LogP contribution in [0.2, 0.25) is 0 Å². The monoisotopic (exact) mass is 277 g/mol. The molecule has 0 unspecified atom stereocenters. The number of carboxylic acid groups (broad SMARTS) is 1. The topological polar surface area (TPSA) is 68.0 Å². The van der Waals surface area contributed by atoms with Crippen molar-refractivity contribution < 1.29 is 14.3 Å². The summed E-state index contributed by atoms with van der Waals surface area (Å²) in [5.74, 6) is -1.10. The van der Waals surface area contributed by atoms with Crippen molar-refractivity contribution in [2.24, 2.45) is 0 Å². The molecule has 0 fully saturated rings. The second-order valence-corrected chi connectivity index (χ2v) is 4.69. The molecule has 1 N–H and O–H groups in total. The molecular weight excluding hydrogens is 261 g/mol. The van der Waals surface area contributed by atoms with Gasteiger partial charge in [0.15, 0.2) is 0 Å². The Morgan fingerprint density at radius 1 is 1.40 bits per heavy atom. The largest absolute Gasteiger partial charge is 0.481 e. The number of benzene rings is 1. The predicted molar refractivity (Wildman–Crippen MR) is 71.2 cm³/mol. The smallest absolute Gasteiger partial charge is 0.303 e. The van der Waals surface area contributed by atoms with Crippen LogP contribution < -0.4 is 0 Å². The molecule has 20 heavy (non-hydrogen) atoms. The number of carboxylic acids is 1. The molecule has 0 radical (unpaired) electrons. The Labute approximate surface area is 116 Å². The highest BCUT2D eigenvalue weighted by molar-refractivity contribution is 5.66. The van der Waals surface area contributed by atoms with E-state index < -0.39 is 5.97 Å². The second-order valence-electron chi connectivity index (χ2n) is 4.69. The summed E-state index contributed by atoms with van der Waals surface area (Å²) < 4.78 is 14.8. The van der Waals surface area contributed by atoms with Gasteiger partial charge in [-0.3, -0.25) is 4.79 Å². The van der Waals surface area contributed by atoms with E-state index in [4.69, 9.17) is 5.11 Å². The van der Waals surface area contributed by atoms with Gasteiger partial charge in [-0.25, -0.2) is 9.07 Å². The molecule has 0 aliphatic rings. The molecule has 2 rings (SSSR count). The molecule has 1 heterocycles. The molecule has 0 aliphatic carbocycles. The molecule has 0 saturated heterocycles. The quantitative estimate of drug-likeness (QED) is 0.824. The van der Waals surface area contributed by atoms with Crippen LogP contribution >= 0.6 is 0 Å². The maximum absolute atomic E-state index is 13.2. The number of halogens is 1. The zero-order valence-corrected chi connectivity index (χ0v) is 11.2. The number of carbonyl (C=O) groups is 1. The summed E-state index contributed by atoms with van der Waals surface area (Å²) in [6.45, 7) is 1.88. The molecule has 0 bridgehead atoms. The number of aliphatic carboxylic acids is 1. The first-order chi connectivity index (χ1) is 9.56. The third-order valence-electron chi connectivity index (χ3n) is 3.03. The first-order valence-corrected chi connectivity index (χ1v) is 6.46. The Morgan fingerprint density at radius 3 is 2.95 bits per heavy atom. The van der Waals surface area contributed by atoms with Crippen LogP contribution in [0.3, 0.4) is 0 Å². The van der Waals surface area contributed by atoms with Crippen LogP contribution in [-0.2, 0) is 11.2 Å². The summed E-state index contributed by atoms with van der Waals surface area (Å²) in [6.07, 6.45) is 3.94. The third kappa shape index (κ3) is 3.63. The van der Waals surface area contributed by atoms with Crippen molar-refractivity contribution in [3.63, 3.8) is 0 Å². The Hall–Kier alpha value is -2.24. The summed E-state index contributed by atoms with van der Waals surface area (Å²) in [5, 5.41) is 16.6. The molecule has 6 heteroatoms. The van der Waals surface area contributed by atoms with E-state index in [1.54, 1.807) is 16.9 Å². The molecule has 2 aromatic rings. The van der Waals surface area contributed by atoms with E-state index in [0.29, 0.717) is 18.5 Å². The highest BCUT2D eigenvalue weighted by Gasteiger charge is 2.07. The maximum Gasteiger partial charge on any atom is 0.303 e. The van der Waals surface area contributed by atoms with Crippen LogP contribution in [0.15, 0.2) is 24.4 Å². The van der Waals surface area contributed by atoms with Gasteiger partial charge in [0, 0.05) is 6.42 Å². The maximum atomic E-state index is 13.2. The molecule has 1 aromatic carbocycles. The lowest BCUT2D eigenvalue weighted by Gasteiger charge is -2.04. The van der Waals surface area contributed by atoms with Crippen LogP contribution in [0.25, 0.3) is 5.69 Å². The second kappa shape index (κ2) is 6.27. The normalized spacial score (nSPS) is 10.7. The van der Waals surface area contributed by atoms with E-state index in [2.05, 4.69) is 10.3 Å². The van der Waals surface area contributed by atoms with Crippen LogP contribution in [0.1, 0.15) is 30.5 Å². The molecule has 1 aromatic heterocycles. The lowest BCUT2D eigenvalue weighted by Crippen LogP contribution is -1.98. The van der Waals surface area contributed by atoms with Crippen molar-refractivity contribution in [1.82, 2.24) is 15.0 Å². The predicted octanol–water partition coefficient (Wildman–Crippen LogP) is 2.51. The van der Waals surface area contributed by atoms with E-state index in [9.17, 15) is 9.18 Å². The van der Waals surface area contributed by atoms with Crippen molar-refractivity contribution in [2.45, 2.75) is 32.6 Å². The molecule has 0 atom stereocenters. The molecule has 0 spiro atoms. The summed E-state index contributed by atoms with van der Waals surface area (Å²) in [4.78, 5) is 10.4. The Kier molecular flexibility index (Phi) is 4.45. The Morgan fingerprint density at radius 2 is 2.20 bits per heavy atom. The SMILES string of the molecule is Cc1ccc(F)cc1-n1cc(CCCCC(=O)O)nn1. The fourth-order valence-corrected chi connectivity index (χ4v) is 1.94. The Bertz CT molecular complexity index is 610. The summed E-state index contributed by atoms with van der Waals surface area (Å²) in [7, 11) is 0. The number of hydrogen-bond donors (Lipinski definition) is 1. The number of aryl methyl sites for hydroxylation is 2. The number of rotatable bonds is 6. The summed E-state index contributed by atoms with van der Waals surface area (Å²) in [6, 6.07) is 4.51.